The van der Waals surface area contributed by atoms with Crippen molar-refractivity contribution in [2.45, 2.75) is 0 Å². The second-order valence-electron chi connectivity index (χ2n) is 3.54. The third kappa shape index (κ3) is 2.92. The summed E-state index contributed by atoms with van der Waals surface area (Å²) >= 11 is 1.10. The van der Waals surface area contributed by atoms with Crippen molar-refractivity contribution in [2.24, 2.45) is 5.10 Å². The molecule has 0 saturated carbocycles. The molecule has 0 saturated heterocycles. The van der Waals surface area contributed by atoms with E-state index in [-0.39, 0.29) is 5.00 Å². The molecule has 5 nitrogen and oxygen atoms in total. The Hall–Kier alpha value is -2.21. The predicted octanol–water partition coefficient (Wildman–Crippen LogP) is 3.13. The maximum atomic E-state index is 10.5. The van der Waals surface area contributed by atoms with E-state index in [0.29, 0.717) is 0 Å². The van der Waals surface area contributed by atoms with Crippen LogP contribution in [0.4, 0.5) is 10.7 Å². The van der Waals surface area contributed by atoms with Crippen molar-refractivity contribution in [3.63, 3.8) is 0 Å². The normalized spacial score (nSPS) is 10.7. The summed E-state index contributed by atoms with van der Waals surface area (Å²) in [7, 11) is 1.83. The zero-order chi connectivity index (χ0) is 13.0. The van der Waals surface area contributed by atoms with Crippen LogP contribution in [0.2, 0.25) is 0 Å². The van der Waals surface area contributed by atoms with E-state index in [9.17, 15) is 10.1 Å². The lowest BCUT2D eigenvalue weighted by Gasteiger charge is -2.11. The van der Waals surface area contributed by atoms with Gasteiger partial charge in [-0.25, -0.2) is 0 Å². The largest absolute Gasteiger partial charge is 0.324 e. The lowest BCUT2D eigenvalue weighted by Crippen LogP contribution is -2.08. The third-order valence-corrected chi connectivity index (χ3v) is 3.25. The van der Waals surface area contributed by atoms with Crippen LogP contribution in [0.3, 0.4) is 0 Å². The molecule has 0 fully saturated rings. The molecule has 1 aromatic carbocycles. The summed E-state index contributed by atoms with van der Waals surface area (Å²) in [6, 6.07) is 12.8. The van der Waals surface area contributed by atoms with Crippen molar-refractivity contribution in [3.05, 3.63) is 57.5 Å². The number of para-hydroxylation sites is 1. The first kappa shape index (κ1) is 12.3. The molecule has 2 rings (SSSR count). The van der Waals surface area contributed by atoms with Crippen LogP contribution in [0.5, 0.6) is 0 Å². The number of hydrogen-bond acceptors (Lipinski definition) is 5. The Balaban J connectivity index is 2.08. The van der Waals surface area contributed by atoms with Crippen molar-refractivity contribution in [3.8, 4) is 0 Å². The minimum atomic E-state index is -0.400. The van der Waals surface area contributed by atoms with Gasteiger partial charge in [-0.15, -0.1) is 0 Å². The number of nitrogens with zero attached hydrogens (tertiary/aromatic N) is 3. The Morgan fingerprint density at radius 3 is 2.61 bits per heavy atom. The van der Waals surface area contributed by atoms with Crippen LogP contribution in [-0.4, -0.2) is 18.2 Å². The molecule has 0 atom stereocenters. The molecule has 6 heteroatoms. The lowest BCUT2D eigenvalue weighted by molar-refractivity contribution is -0.380. The molecular formula is C12H11N3O2S. The number of hydrogen-bond donors (Lipinski definition) is 0. The molecule has 2 aromatic rings. The van der Waals surface area contributed by atoms with Crippen LogP contribution in [0, 0.1) is 10.1 Å². The Bertz CT molecular complexity index is 566. The van der Waals surface area contributed by atoms with E-state index in [2.05, 4.69) is 5.10 Å². The van der Waals surface area contributed by atoms with Crippen LogP contribution < -0.4 is 5.01 Å². The van der Waals surface area contributed by atoms with Gasteiger partial charge in [0.05, 0.1) is 21.7 Å². The molecule has 0 bridgehead atoms. The van der Waals surface area contributed by atoms with Gasteiger partial charge >= 0.3 is 5.00 Å². The highest BCUT2D eigenvalue weighted by atomic mass is 32.1. The highest BCUT2D eigenvalue weighted by molar-refractivity contribution is 7.16. The Kier molecular flexibility index (Phi) is 3.69. The summed E-state index contributed by atoms with van der Waals surface area (Å²) in [4.78, 5) is 10.9. The van der Waals surface area contributed by atoms with Crippen molar-refractivity contribution < 1.29 is 4.92 Å². The van der Waals surface area contributed by atoms with E-state index in [1.165, 1.54) is 6.07 Å². The average Bonchev–Trinajstić information content (AvgIpc) is 2.86. The number of hydrazone groups is 1. The van der Waals surface area contributed by atoms with Gasteiger partial charge in [0.25, 0.3) is 0 Å². The van der Waals surface area contributed by atoms with Gasteiger partial charge in [-0.05, 0) is 18.2 Å². The van der Waals surface area contributed by atoms with Gasteiger partial charge in [0, 0.05) is 13.1 Å². The quantitative estimate of drug-likeness (QED) is 0.482. The van der Waals surface area contributed by atoms with Gasteiger partial charge < -0.3 is 0 Å². The fourth-order valence-corrected chi connectivity index (χ4v) is 2.05. The van der Waals surface area contributed by atoms with Crippen LogP contribution in [0.15, 0.2) is 47.6 Å². The van der Waals surface area contributed by atoms with E-state index in [1.807, 2.05) is 37.4 Å². The van der Waals surface area contributed by atoms with Crippen molar-refractivity contribution in [1.29, 1.82) is 0 Å². The Morgan fingerprint density at radius 2 is 2.00 bits per heavy atom. The first-order chi connectivity index (χ1) is 8.66. The summed E-state index contributed by atoms with van der Waals surface area (Å²) in [5.41, 5.74) is 0.958. The fraction of sp³-hybridized carbons (Fsp3) is 0.0833. The fourth-order valence-electron chi connectivity index (χ4n) is 1.36. The topological polar surface area (TPSA) is 58.7 Å². The van der Waals surface area contributed by atoms with Crippen molar-refractivity contribution in [1.82, 2.24) is 0 Å². The van der Waals surface area contributed by atoms with Gasteiger partial charge in [0.2, 0.25) is 0 Å². The number of anilines is 1. The van der Waals surface area contributed by atoms with E-state index >= 15 is 0 Å². The van der Waals surface area contributed by atoms with E-state index < -0.39 is 4.92 Å². The van der Waals surface area contributed by atoms with Gasteiger partial charge in [-0.1, -0.05) is 29.5 Å². The first-order valence-corrected chi connectivity index (χ1v) is 6.05. The molecule has 0 aliphatic rings. The molecule has 0 radical (unpaired) electrons. The molecule has 1 heterocycles. The summed E-state index contributed by atoms with van der Waals surface area (Å²) in [6.07, 6.45) is 1.62. The Labute approximate surface area is 108 Å². The molecule has 0 amide bonds. The third-order valence-electron chi connectivity index (χ3n) is 2.28. The molecule has 0 spiro atoms. The predicted molar refractivity (Wildman–Crippen MR) is 73.4 cm³/mol. The van der Waals surface area contributed by atoms with Crippen LogP contribution in [-0.2, 0) is 0 Å². The van der Waals surface area contributed by atoms with E-state index in [1.54, 1.807) is 17.3 Å². The van der Waals surface area contributed by atoms with E-state index in [0.717, 1.165) is 21.9 Å². The summed E-state index contributed by atoms with van der Waals surface area (Å²) in [6.45, 7) is 0. The highest BCUT2D eigenvalue weighted by Gasteiger charge is 2.08. The first-order valence-electron chi connectivity index (χ1n) is 5.24. The molecule has 1 aromatic heterocycles. The molecular weight excluding hydrogens is 250 g/mol. The molecule has 0 aliphatic carbocycles. The van der Waals surface area contributed by atoms with Crippen molar-refractivity contribution >= 4 is 28.2 Å². The number of thiophene rings is 1. The van der Waals surface area contributed by atoms with E-state index in [4.69, 9.17) is 0 Å². The summed E-state index contributed by atoms with van der Waals surface area (Å²) in [5.74, 6) is 0. The van der Waals surface area contributed by atoms with Crippen LogP contribution in [0.25, 0.3) is 0 Å². The highest BCUT2D eigenvalue weighted by Crippen LogP contribution is 2.22. The maximum Gasteiger partial charge on any atom is 0.324 e. The smallest absolute Gasteiger partial charge is 0.269 e. The summed E-state index contributed by atoms with van der Waals surface area (Å²) < 4.78 is 0. The average molecular weight is 261 g/mol. The second kappa shape index (κ2) is 5.42. The monoisotopic (exact) mass is 261 g/mol. The lowest BCUT2D eigenvalue weighted by atomic mass is 10.3. The van der Waals surface area contributed by atoms with Gasteiger partial charge in [0.1, 0.15) is 0 Å². The minimum Gasteiger partial charge on any atom is -0.269 e. The van der Waals surface area contributed by atoms with Crippen molar-refractivity contribution in [2.75, 3.05) is 12.1 Å². The maximum absolute atomic E-state index is 10.5. The van der Waals surface area contributed by atoms with Gasteiger partial charge in [-0.3, -0.25) is 15.1 Å². The molecule has 0 aliphatic heterocycles. The summed E-state index contributed by atoms with van der Waals surface area (Å²) in [5, 5.41) is 16.6. The second-order valence-corrected chi connectivity index (χ2v) is 4.63. The number of benzene rings is 1. The van der Waals surface area contributed by atoms with Crippen LogP contribution in [0.1, 0.15) is 4.88 Å². The SMILES string of the molecule is CN(/N=C/c1ccc([N+](=O)[O-])s1)c1ccccc1. The zero-order valence-corrected chi connectivity index (χ0v) is 10.5. The molecule has 92 valence electrons. The van der Waals surface area contributed by atoms with Crippen LogP contribution >= 0.6 is 11.3 Å². The Morgan fingerprint density at radius 1 is 1.28 bits per heavy atom. The molecule has 0 unspecified atom stereocenters. The molecule has 0 N–H and O–H groups in total. The van der Waals surface area contributed by atoms with Gasteiger partial charge in [0.15, 0.2) is 0 Å². The zero-order valence-electron chi connectivity index (χ0n) is 9.69. The standard InChI is InChI=1S/C12H11N3O2S/c1-14(10-5-3-2-4-6-10)13-9-11-7-8-12(18-11)15(16)17/h2-9H,1H3/b13-9+. The number of nitro groups is 1. The number of rotatable bonds is 4. The minimum absolute atomic E-state index is 0.124. The molecule has 18 heavy (non-hydrogen) atoms. The van der Waals surface area contributed by atoms with Gasteiger partial charge in [-0.2, -0.15) is 5.10 Å².